The third kappa shape index (κ3) is 5.59. The van der Waals surface area contributed by atoms with Crippen molar-refractivity contribution in [3.8, 4) is 0 Å². The molecule has 0 bridgehead atoms. The first-order chi connectivity index (χ1) is 16.5. The molecule has 0 aliphatic rings. The van der Waals surface area contributed by atoms with Crippen molar-refractivity contribution >= 4 is 22.7 Å². The van der Waals surface area contributed by atoms with Gasteiger partial charge in [0.15, 0.2) is 11.6 Å². The fraction of sp³-hybridized carbons (Fsp3) is 0.133. The standard InChI is InChI=1S/C30H32N4/c1-23-15-19-25(20-16-23)31-29(33(3)27-11-7-5-8-12-27)30(32-26-21-17-24(2)18-22-26)34(4)28-13-9-6-10-14-28/h5-22,31-32H,1-4H3/b30-29+. The minimum atomic E-state index is 0.932. The molecule has 0 aliphatic heterocycles. The molecule has 34 heavy (non-hydrogen) atoms. The third-order valence-corrected chi connectivity index (χ3v) is 5.81. The van der Waals surface area contributed by atoms with E-state index in [4.69, 9.17) is 0 Å². The molecule has 0 unspecified atom stereocenters. The van der Waals surface area contributed by atoms with Gasteiger partial charge >= 0.3 is 0 Å². The summed E-state index contributed by atoms with van der Waals surface area (Å²) in [5.74, 6) is 1.86. The Morgan fingerprint density at radius 3 is 1.12 bits per heavy atom. The first-order valence-corrected chi connectivity index (χ1v) is 11.5. The summed E-state index contributed by atoms with van der Waals surface area (Å²) in [6, 6.07) is 37.7. The van der Waals surface area contributed by atoms with Crippen molar-refractivity contribution in [2.24, 2.45) is 0 Å². The van der Waals surface area contributed by atoms with Gasteiger partial charge in [-0.1, -0.05) is 71.8 Å². The molecular formula is C30H32N4. The highest BCUT2D eigenvalue weighted by Crippen LogP contribution is 2.27. The van der Waals surface area contributed by atoms with Gasteiger partial charge in [0.05, 0.1) is 0 Å². The molecule has 0 saturated heterocycles. The molecule has 4 aromatic carbocycles. The molecule has 0 amide bonds. The Labute approximate surface area is 203 Å². The second-order valence-corrected chi connectivity index (χ2v) is 8.47. The first kappa shape index (κ1) is 23.0. The van der Waals surface area contributed by atoms with E-state index in [9.17, 15) is 0 Å². The van der Waals surface area contributed by atoms with Crippen LogP contribution in [-0.2, 0) is 0 Å². The van der Waals surface area contributed by atoms with Gasteiger partial charge in [-0.15, -0.1) is 0 Å². The van der Waals surface area contributed by atoms with Crippen LogP contribution >= 0.6 is 0 Å². The molecule has 0 saturated carbocycles. The second kappa shape index (κ2) is 10.6. The van der Waals surface area contributed by atoms with Crippen LogP contribution in [0.25, 0.3) is 0 Å². The maximum Gasteiger partial charge on any atom is 0.152 e. The lowest BCUT2D eigenvalue weighted by molar-refractivity contribution is 0.993. The summed E-state index contributed by atoms with van der Waals surface area (Å²) < 4.78 is 0. The van der Waals surface area contributed by atoms with Crippen molar-refractivity contribution in [1.82, 2.24) is 0 Å². The minimum Gasteiger partial charge on any atom is -0.339 e. The second-order valence-electron chi connectivity index (χ2n) is 8.47. The van der Waals surface area contributed by atoms with Crippen LogP contribution in [0.1, 0.15) is 11.1 Å². The van der Waals surface area contributed by atoms with E-state index >= 15 is 0 Å². The topological polar surface area (TPSA) is 30.5 Å². The number of hydrogen-bond donors (Lipinski definition) is 2. The predicted octanol–water partition coefficient (Wildman–Crippen LogP) is 7.23. The molecule has 0 aliphatic carbocycles. The quantitative estimate of drug-likeness (QED) is 0.298. The van der Waals surface area contributed by atoms with Gasteiger partial charge in [0.25, 0.3) is 0 Å². The molecule has 4 heteroatoms. The van der Waals surface area contributed by atoms with Crippen LogP contribution in [0.4, 0.5) is 22.7 Å². The Morgan fingerprint density at radius 2 is 0.794 bits per heavy atom. The molecule has 2 N–H and O–H groups in total. The van der Waals surface area contributed by atoms with E-state index in [0.29, 0.717) is 0 Å². The fourth-order valence-corrected chi connectivity index (χ4v) is 3.71. The lowest BCUT2D eigenvalue weighted by atomic mass is 10.2. The molecule has 0 fully saturated rings. The summed E-state index contributed by atoms with van der Waals surface area (Å²) in [6.07, 6.45) is 0. The number of nitrogens with zero attached hydrogens (tertiary/aromatic N) is 2. The molecule has 0 aromatic heterocycles. The van der Waals surface area contributed by atoms with E-state index in [1.165, 1.54) is 11.1 Å². The number of rotatable bonds is 8. The van der Waals surface area contributed by atoms with Gasteiger partial charge in [-0.05, 0) is 62.4 Å². The molecule has 4 rings (SSSR count). The Bertz CT molecular complexity index is 1120. The Hall–Kier alpha value is -4.18. The highest BCUT2D eigenvalue weighted by atomic mass is 15.3. The van der Waals surface area contributed by atoms with Crippen LogP contribution in [0, 0.1) is 13.8 Å². The smallest absolute Gasteiger partial charge is 0.152 e. The minimum absolute atomic E-state index is 0.932. The summed E-state index contributed by atoms with van der Waals surface area (Å²) in [4.78, 5) is 4.35. The Morgan fingerprint density at radius 1 is 0.471 bits per heavy atom. The number of para-hydroxylation sites is 2. The molecule has 0 atom stereocenters. The van der Waals surface area contributed by atoms with Gasteiger partial charge in [-0.2, -0.15) is 0 Å². The van der Waals surface area contributed by atoms with E-state index < -0.39 is 0 Å². The maximum atomic E-state index is 3.69. The first-order valence-electron chi connectivity index (χ1n) is 11.5. The SMILES string of the molecule is Cc1ccc(N/C(=C(/Nc2ccc(C)cc2)N(C)c2ccccc2)N(C)c2ccccc2)cc1. The number of aryl methyl sites for hydroxylation is 2. The van der Waals surface area contributed by atoms with Gasteiger partial charge < -0.3 is 20.4 Å². The van der Waals surface area contributed by atoms with Crippen LogP contribution < -0.4 is 20.4 Å². The average Bonchev–Trinajstić information content (AvgIpc) is 2.88. The molecule has 0 heterocycles. The van der Waals surface area contributed by atoms with E-state index in [2.05, 4.69) is 145 Å². The van der Waals surface area contributed by atoms with Crippen LogP contribution in [0.5, 0.6) is 0 Å². The molecule has 0 spiro atoms. The maximum absolute atomic E-state index is 3.69. The monoisotopic (exact) mass is 448 g/mol. The van der Waals surface area contributed by atoms with Crippen LogP contribution in [0.2, 0.25) is 0 Å². The molecule has 0 radical (unpaired) electrons. The van der Waals surface area contributed by atoms with Crippen molar-refractivity contribution < 1.29 is 0 Å². The fourth-order valence-electron chi connectivity index (χ4n) is 3.71. The van der Waals surface area contributed by atoms with E-state index in [1.54, 1.807) is 0 Å². The Kier molecular flexibility index (Phi) is 7.19. The zero-order valence-corrected chi connectivity index (χ0v) is 20.3. The lowest BCUT2D eigenvalue weighted by Gasteiger charge is -2.32. The largest absolute Gasteiger partial charge is 0.339 e. The van der Waals surface area contributed by atoms with Gasteiger partial charge in [0.2, 0.25) is 0 Å². The lowest BCUT2D eigenvalue weighted by Crippen LogP contribution is -2.33. The number of nitrogens with one attached hydrogen (secondary N) is 2. The van der Waals surface area contributed by atoms with Crippen LogP contribution in [-0.4, -0.2) is 14.1 Å². The zero-order chi connectivity index (χ0) is 23.9. The number of benzene rings is 4. The van der Waals surface area contributed by atoms with Crippen molar-refractivity contribution in [1.29, 1.82) is 0 Å². The molecule has 172 valence electrons. The highest BCUT2D eigenvalue weighted by Gasteiger charge is 2.19. The number of anilines is 4. The summed E-state index contributed by atoms with van der Waals surface area (Å²) in [5.41, 5.74) is 6.67. The summed E-state index contributed by atoms with van der Waals surface area (Å²) in [7, 11) is 4.17. The van der Waals surface area contributed by atoms with Crippen LogP contribution in [0.3, 0.4) is 0 Å². The van der Waals surface area contributed by atoms with Crippen molar-refractivity contribution in [3.63, 3.8) is 0 Å². The summed E-state index contributed by atoms with van der Waals surface area (Å²) in [5, 5.41) is 7.38. The van der Waals surface area contributed by atoms with E-state index in [0.717, 1.165) is 34.4 Å². The third-order valence-electron chi connectivity index (χ3n) is 5.81. The normalized spacial score (nSPS) is 11.4. The summed E-state index contributed by atoms with van der Waals surface area (Å²) in [6.45, 7) is 4.20. The number of hydrogen-bond acceptors (Lipinski definition) is 4. The van der Waals surface area contributed by atoms with Crippen molar-refractivity contribution in [3.05, 3.63) is 132 Å². The van der Waals surface area contributed by atoms with Crippen molar-refractivity contribution in [2.45, 2.75) is 13.8 Å². The van der Waals surface area contributed by atoms with E-state index in [1.807, 2.05) is 12.1 Å². The molecule has 4 nitrogen and oxygen atoms in total. The van der Waals surface area contributed by atoms with Gasteiger partial charge in [0, 0.05) is 36.8 Å². The zero-order valence-electron chi connectivity index (χ0n) is 20.3. The average molecular weight is 449 g/mol. The van der Waals surface area contributed by atoms with Crippen molar-refractivity contribution in [2.75, 3.05) is 34.5 Å². The van der Waals surface area contributed by atoms with Gasteiger partial charge in [-0.3, -0.25) is 0 Å². The molecule has 4 aromatic rings. The summed E-state index contributed by atoms with van der Waals surface area (Å²) >= 11 is 0. The molecular weight excluding hydrogens is 416 g/mol. The van der Waals surface area contributed by atoms with Gasteiger partial charge in [0.1, 0.15) is 0 Å². The predicted molar refractivity (Wildman–Crippen MR) is 146 cm³/mol. The van der Waals surface area contributed by atoms with E-state index in [-0.39, 0.29) is 0 Å². The highest BCUT2D eigenvalue weighted by molar-refractivity contribution is 5.66. The Balaban J connectivity index is 1.86. The van der Waals surface area contributed by atoms with Gasteiger partial charge in [-0.25, -0.2) is 0 Å². The van der Waals surface area contributed by atoms with Crippen LogP contribution in [0.15, 0.2) is 121 Å².